The lowest BCUT2D eigenvalue weighted by Crippen LogP contribution is -2.47. The summed E-state index contributed by atoms with van der Waals surface area (Å²) in [6.07, 6.45) is 4.61. The van der Waals surface area contributed by atoms with Crippen molar-refractivity contribution in [2.24, 2.45) is 11.3 Å². The average molecular weight is 251 g/mol. The van der Waals surface area contributed by atoms with Gasteiger partial charge in [0.1, 0.15) is 0 Å². The molecule has 1 aliphatic rings. The number of hydrogen-bond donors (Lipinski definition) is 1. The summed E-state index contributed by atoms with van der Waals surface area (Å²) in [4.78, 5) is 2.41. The second-order valence-electron chi connectivity index (χ2n) is 6.54. The maximum absolute atomic E-state index is 8.94. The minimum Gasteiger partial charge on any atom is -0.314 e. The smallest absolute Gasteiger partial charge is 0.0683 e. The lowest BCUT2D eigenvalue weighted by Gasteiger charge is -2.35. The van der Waals surface area contributed by atoms with E-state index in [-0.39, 0.29) is 5.41 Å². The molecule has 0 radical (unpaired) electrons. The molecule has 0 amide bonds. The van der Waals surface area contributed by atoms with Gasteiger partial charge in [0, 0.05) is 12.6 Å². The van der Waals surface area contributed by atoms with Crippen molar-refractivity contribution in [3.05, 3.63) is 0 Å². The van der Waals surface area contributed by atoms with Crippen LogP contribution in [0.3, 0.4) is 0 Å². The Hall–Kier alpha value is -0.590. The second-order valence-corrected chi connectivity index (χ2v) is 6.54. The molecule has 1 saturated heterocycles. The first-order chi connectivity index (χ1) is 8.44. The van der Waals surface area contributed by atoms with E-state index < -0.39 is 0 Å². The fraction of sp³-hybridized carbons (Fsp3) is 0.933. The number of nitrogens with one attached hydrogen (secondary N) is 1. The largest absolute Gasteiger partial charge is 0.314 e. The van der Waals surface area contributed by atoms with Crippen molar-refractivity contribution in [3.63, 3.8) is 0 Å². The zero-order valence-electron chi connectivity index (χ0n) is 12.5. The fourth-order valence-electron chi connectivity index (χ4n) is 2.69. The Bertz CT molecular complexity index is 280. The molecular formula is C15H29N3. The minimum absolute atomic E-state index is 0.152. The van der Waals surface area contributed by atoms with Crippen molar-refractivity contribution >= 4 is 0 Å². The van der Waals surface area contributed by atoms with Crippen LogP contribution in [-0.2, 0) is 0 Å². The Kier molecular flexibility index (Phi) is 6.11. The molecule has 0 aromatic rings. The molecule has 1 fully saturated rings. The van der Waals surface area contributed by atoms with Gasteiger partial charge in [-0.3, -0.25) is 0 Å². The van der Waals surface area contributed by atoms with Gasteiger partial charge < -0.3 is 10.2 Å². The van der Waals surface area contributed by atoms with Gasteiger partial charge in [-0.1, -0.05) is 13.3 Å². The molecule has 1 heterocycles. The number of piperidine rings is 1. The van der Waals surface area contributed by atoms with Crippen molar-refractivity contribution in [3.8, 4) is 6.07 Å². The Morgan fingerprint density at radius 2 is 2.11 bits per heavy atom. The monoisotopic (exact) mass is 251 g/mol. The normalized spacial score (nSPS) is 25.9. The summed E-state index contributed by atoms with van der Waals surface area (Å²) >= 11 is 0. The highest BCUT2D eigenvalue weighted by Gasteiger charge is 2.23. The van der Waals surface area contributed by atoms with E-state index in [1.54, 1.807) is 0 Å². The molecule has 0 aliphatic carbocycles. The van der Waals surface area contributed by atoms with Gasteiger partial charge in [-0.2, -0.15) is 5.26 Å². The van der Waals surface area contributed by atoms with E-state index in [4.69, 9.17) is 5.26 Å². The molecule has 3 heteroatoms. The summed E-state index contributed by atoms with van der Waals surface area (Å²) in [5.74, 6) is 0.749. The molecular weight excluding hydrogens is 222 g/mol. The van der Waals surface area contributed by atoms with Crippen LogP contribution in [0.5, 0.6) is 0 Å². The van der Waals surface area contributed by atoms with Crippen molar-refractivity contribution in [1.82, 2.24) is 10.2 Å². The molecule has 1 rings (SSSR count). The Morgan fingerprint density at radius 3 is 2.72 bits per heavy atom. The van der Waals surface area contributed by atoms with Gasteiger partial charge in [-0.05, 0) is 59.2 Å². The van der Waals surface area contributed by atoms with Crippen LogP contribution in [0, 0.1) is 22.7 Å². The number of nitrogens with zero attached hydrogens (tertiary/aromatic N) is 2. The van der Waals surface area contributed by atoms with E-state index in [9.17, 15) is 0 Å². The molecule has 1 N–H and O–H groups in total. The molecule has 0 saturated carbocycles. The van der Waals surface area contributed by atoms with Crippen molar-refractivity contribution in [1.29, 1.82) is 5.26 Å². The summed E-state index contributed by atoms with van der Waals surface area (Å²) in [5.41, 5.74) is -0.152. The average Bonchev–Trinajstić information content (AvgIpc) is 2.31. The number of nitriles is 1. The van der Waals surface area contributed by atoms with Crippen molar-refractivity contribution in [2.75, 3.05) is 26.7 Å². The predicted octanol–water partition coefficient (Wildman–Crippen LogP) is 2.64. The summed E-state index contributed by atoms with van der Waals surface area (Å²) in [6, 6.07) is 3.05. The fourth-order valence-corrected chi connectivity index (χ4v) is 2.69. The second kappa shape index (κ2) is 7.11. The van der Waals surface area contributed by atoms with Gasteiger partial charge in [-0.25, -0.2) is 0 Å². The van der Waals surface area contributed by atoms with Crippen LogP contribution in [0.2, 0.25) is 0 Å². The Balaban J connectivity index is 2.10. The third kappa shape index (κ3) is 5.37. The molecule has 2 unspecified atom stereocenters. The molecule has 0 aromatic heterocycles. The highest BCUT2D eigenvalue weighted by Crippen LogP contribution is 2.21. The van der Waals surface area contributed by atoms with E-state index in [2.05, 4.69) is 30.3 Å². The summed E-state index contributed by atoms with van der Waals surface area (Å²) in [6.45, 7) is 9.91. The highest BCUT2D eigenvalue weighted by atomic mass is 15.1. The quantitative estimate of drug-likeness (QED) is 0.738. The van der Waals surface area contributed by atoms with Gasteiger partial charge in [0.25, 0.3) is 0 Å². The van der Waals surface area contributed by atoms with Gasteiger partial charge in [0.15, 0.2) is 0 Å². The SMILES string of the molecule is CC1CN(C)CCC1NCCCCC(C)(C)C#N. The molecule has 2 atom stereocenters. The van der Waals surface area contributed by atoms with Gasteiger partial charge in [-0.15, -0.1) is 0 Å². The zero-order chi connectivity index (χ0) is 13.6. The topological polar surface area (TPSA) is 39.1 Å². The first kappa shape index (κ1) is 15.5. The first-order valence-electron chi connectivity index (χ1n) is 7.28. The highest BCUT2D eigenvalue weighted by molar-refractivity contribution is 4.91. The molecule has 1 aliphatic heterocycles. The van der Waals surface area contributed by atoms with Gasteiger partial charge in [0.2, 0.25) is 0 Å². The first-order valence-corrected chi connectivity index (χ1v) is 7.28. The maximum atomic E-state index is 8.94. The molecule has 0 spiro atoms. The number of likely N-dealkylation sites (tertiary alicyclic amines) is 1. The minimum atomic E-state index is -0.152. The third-order valence-corrected chi connectivity index (χ3v) is 4.05. The zero-order valence-corrected chi connectivity index (χ0v) is 12.5. The molecule has 18 heavy (non-hydrogen) atoms. The van der Waals surface area contributed by atoms with E-state index in [0.717, 1.165) is 25.3 Å². The lowest BCUT2D eigenvalue weighted by molar-refractivity contribution is 0.175. The van der Waals surface area contributed by atoms with Gasteiger partial charge >= 0.3 is 0 Å². The van der Waals surface area contributed by atoms with E-state index >= 15 is 0 Å². The summed E-state index contributed by atoms with van der Waals surface area (Å²) < 4.78 is 0. The van der Waals surface area contributed by atoms with E-state index in [1.165, 1.54) is 25.9 Å². The van der Waals surface area contributed by atoms with E-state index in [0.29, 0.717) is 6.04 Å². The maximum Gasteiger partial charge on any atom is 0.0683 e. The van der Waals surface area contributed by atoms with Crippen LogP contribution in [0.15, 0.2) is 0 Å². The van der Waals surface area contributed by atoms with Gasteiger partial charge in [0.05, 0.1) is 11.5 Å². The molecule has 0 aromatic carbocycles. The summed E-state index contributed by atoms with van der Waals surface area (Å²) in [5, 5.41) is 12.6. The number of rotatable bonds is 6. The molecule has 0 bridgehead atoms. The predicted molar refractivity (Wildman–Crippen MR) is 76.3 cm³/mol. The van der Waals surface area contributed by atoms with Crippen LogP contribution >= 0.6 is 0 Å². The Labute approximate surface area is 113 Å². The van der Waals surface area contributed by atoms with Crippen molar-refractivity contribution in [2.45, 2.75) is 52.5 Å². The molecule has 3 nitrogen and oxygen atoms in total. The number of hydrogen-bond acceptors (Lipinski definition) is 3. The number of unbranched alkanes of at least 4 members (excludes halogenated alkanes) is 1. The van der Waals surface area contributed by atoms with Crippen LogP contribution in [0.4, 0.5) is 0 Å². The summed E-state index contributed by atoms with van der Waals surface area (Å²) in [7, 11) is 2.21. The van der Waals surface area contributed by atoms with Crippen LogP contribution in [0.25, 0.3) is 0 Å². The van der Waals surface area contributed by atoms with Crippen molar-refractivity contribution < 1.29 is 0 Å². The molecule has 104 valence electrons. The van der Waals surface area contributed by atoms with Crippen LogP contribution in [0.1, 0.15) is 46.5 Å². The Morgan fingerprint density at radius 1 is 1.39 bits per heavy atom. The van der Waals surface area contributed by atoms with Crippen LogP contribution < -0.4 is 5.32 Å². The van der Waals surface area contributed by atoms with E-state index in [1.807, 2.05) is 13.8 Å². The van der Waals surface area contributed by atoms with Crippen LogP contribution in [-0.4, -0.2) is 37.6 Å². The third-order valence-electron chi connectivity index (χ3n) is 4.05. The lowest BCUT2D eigenvalue weighted by atomic mass is 9.89. The standard InChI is InChI=1S/C15H29N3/c1-13-11-18(4)10-7-14(13)17-9-6-5-8-15(2,3)12-16/h13-14,17H,5-11H2,1-4H3.